The van der Waals surface area contributed by atoms with Crippen LogP contribution in [0.5, 0.6) is 0 Å². The van der Waals surface area contributed by atoms with E-state index in [9.17, 15) is 0 Å². The molecule has 0 nitrogen and oxygen atoms in total. The molecular weight excluding hydrogens is 216 g/mol. The van der Waals surface area contributed by atoms with E-state index in [4.69, 9.17) is 0 Å². The highest BCUT2D eigenvalue weighted by Crippen LogP contribution is 2.82. The molecule has 6 unspecified atom stereocenters. The zero-order chi connectivity index (χ0) is 11.2. The average molecular weight is 234 g/mol. The van der Waals surface area contributed by atoms with Gasteiger partial charge < -0.3 is 0 Å². The molecule has 0 N–H and O–H groups in total. The van der Waals surface area contributed by atoms with Crippen LogP contribution < -0.4 is 0 Å². The molecule has 0 saturated heterocycles. The second-order valence-electron chi connectivity index (χ2n) is 7.87. The van der Waals surface area contributed by atoms with Crippen molar-refractivity contribution in [1.29, 1.82) is 0 Å². The molecule has 0 aromatic heterocycles. The molecule has 6 atom stereocenters. The molecule has 8 bridgehead atoms. The quantitative estimate of drug-likeness (QED) is 0.556. The lowest BCUT2D eigenvalue weighted by Crippen LogP contribution is -2.68. The fourth-order valence-corrected chi connectivity index (χ4v) is 7.21. The van der Waals surface area contributed by atoms with E-state index in [0.29, 0.717) is 0 Å². The summed E-state index contributed by atoms with van der Waals surface area (Å²) in [4.78, 5) is 0. The summed E-state index contributed by atoms with van der Waals surface area (Å²) in [7, 11) is 0. The predicted octanol–water partition coefficient (Wildman–Crippen LogP) is 4.01. The lowest BCUT2D eigenvalue weighted by Gasteiger charge is -2.76. The van der Waals surface area contributed by atoms with E-state index in [1.807, 2.05) is 33.4 Å². The van der Waals surface area contributed by atoms with Crippen molar-refractivity contribution in [3.63, 3.8) is 0 Å². The summed E-state index contributed by atoms with van der Waals surface area (Å²) in [6.45, 7) is 0. The molecule has 0 aromatic rings. The first kappa shape index (κ1) is 8.40. The molecule has 90 valence electrons. The molecule has 0 heterocycles. The lowest BCUT2D eigenvalue weighted by atomic mass is 9.27. The van der Waals surface area contributed by atoms with Crippen molar-refractivity contribution in [3.05, 3.63) is 33.4 Å². The standard InChI is InChI=1S/C18H18/c1-2-7-4-5-9-8(3-1)13-14(9)17-15-11-6-10(7)12(11)16(15)18(13)17/h7,10,15-18H,1-6H2. The molecule has 10 aliphatic carbocycles. The van der Waals surface area contributed by atoms with Gasteiger partial charge in [-0.3, -0.25) is 0 Å². The maximum absolute atomic E-state index is 2.02. The summed E-state index contributed by atoms with van der Waals surface area (Å²) in [5.74, 6) is 6.40. The first-order valence-electron chi connectivity index (χ1n) is 8.15. The molecule has 3 fully saturated rings. The number of hydrogen-bond donors (Lipinski definition) is 0. The topological polar surface area (TPSA) is 0 Å². The summed E-state index contributed by atoms with van der Waals surface area (Å²) in [5.41, 5.74) is 11.6. The highest BCUT2D eigenvalue weighted by Gasteiger charge is 2.73. The number of fused-ring (bicyclic) bond motifs is 2. The molecule has 10 rings (SSSR count). The van der Waals surface area contributed by atoms with Crippen LogP contribution in [0, 0.1) is 35.5 Å². The Morgan fingerprint density at radius 2 is 1.61 bits per heavy atom. The summed E-state index contributed by atoms with van der Waals surface area (Å²) < 4.78 is 0. The van der Waals surface area contributed by atoms with E-state index in [-0.39, 0.29) is 0 Å². The van der Waals surface area contributed by atoms with Crippen LogP contribution in [0.4, 0.5) is 0 Å². The SMILES string of the molecule is C1CC2=C3CCC(C1)C1CC4=C1C1C4C4C3=C2C41. The fraction of sp³-hybridized carbons (Fsp3) is 0.667. The Morgan fingerprint density at radius 1 is 0.778 bits per heavy atom. The summed E-state index contributed by atoms with van der Waals surface area (Å²) in [6.07, 6.45) is 8.98. The van der Waals surface area contributed by atoms with E-state index < -0.39 is 0 Å². The average Bonchev–Trinajstić information content (AvgIpc) is 2.27. The number of hydrogen-bond acceptors (Lipinski definition) is 0. The van der Waals surface area contributed by atoms with Crippen molar-refractivity contribution in [3.8, 4) is 0 Å². The molecule has 3 saturated carbocycles. The van der Waals surface area contributed by atoms with Crippen LogP contribution in [0.3, 0.4) is 0 Å². The molecule has 0 spiro atoms. The van der Waals surface area contributed by atoms with Gasteiger partial charge in [-0.15, -0.1) is 0 Å². The van der Waals surface area contributed by atoms with E-state index in [1.54, 1.807) is 0 Å². The van der Waals surface area contributed by atoms with Gasteiger partial charge in [-0.2, -0.15) is 0 Å². The first-order valence-corrected chi connectivity index (χ1v) is 8.15. The fourth-order valence-electron chi connectivity index (χ4n) is 7.21. The molecule has 0 aliphatic heterocycles. The number of rotatable bonds is 0. The van der Waals surface area contributed by atoms with E-state index in [1.165, 1.54) is 38.5 Å². The van der Waals surface area contributed by atoms with Gasteiger partial charge in [-0.05, 0) is 96.3 Å². The Bertz CT molecular complexity index is 641. The Labute approximate surface area is 108 Å². The van der Waals surface area contributed by atoms with Gasteiger partial charge in [0.2, 0.25) is 0 Å². The van der Waals surface area contributed by atoms with Crippen LogP contribution >= 0.6 is 0 Å². The molecule has 0 amide bonds. The highest BCUT2D eigenvalue weighted by atomic mass is 14.8. The van der Waals surface area contributed by atoms with Crippen LogP contribution in [0.1, 0.15) is 38.5 Å². The Kier molecular flexibility index (Phi) is 1.03. The van der Waals surface area contributed by atoms with Gasteiger partial charge in [-0.1, -0.05) is 11.1 Å². The van der Waals surface area contributed by atoms with Crippen molar-refractivity contribution < 1.29 is 0 Å². The van der Waals surface area contributed by atoms with E-state index >= 15 is 0 Å². The van der Waals surface area contributed by atoms with Gasteiger partial charge in [-0.25, -0.2) is 0 Å². The molecule has 18 heavy (non-hydrogen) atoms. The van der Waals surface area contributed by atoms with Crippen molar-refractivity contribution in [2.75, 3.05) is 0 Å². The Balaban J connectivity index is 1.51. The van der Waals surface area contributed by atoms with Gasteiger partial charge in [0, 0.05) is 0 Å². The van der Waals surface area contributed by atoms with Crippen molar-refractivity contribution in [1.82, 2.24) is 0 Å². The molecule has 10 aliphatic rings. The van der Waals surface area contributed by atoms with Crippen LogP contribution in [-0.4, -0.2) is 0 Å². The van der Waals surface area contributed by atoms with Crippen molar-refractivity contribution in [2.45, 2.75) is 38.5 Å². The minimum absolute atomic E-state index is 1.06. The molecule has 0 heteroatoms. The summed E-state index contributed by atoms with van der Waals surface area (Å²) in [6, 6.07) is 0. The first-order chi connectivity index (χ1) is 8.95. The van der Waals surface area contributed by atoms with Gasteiger partial charge in [0.15, 0.2) is 0 Å². The summed E-state index contributed by atoms with van der Waals surface area (Å²) in [5, 5.41) is 0. The third kappa shape index (κ3) is 0.559. The van der Waals surface area contributed by atoms with Crippen LogP contribution in [-0.2, 0) is 0 Å². The second-order valence-corrected chi connectivity index (χ2v) is 7.87. The third-order valence-corrected chi connectivity index (χ3v) is 7.83. The summed E-state index contributed by atoms with van der Waals surface area (Å²) >= 11 is 0. The largest absolute Gasteiger partial charge is 0.0654 e. The zero-order valence-corrected chi connectivity index (χ0v) is 10.7. The van der Waals surface area contributed by atoms with Gasteiger partial charge in [0.1, 0.15) is 0 Å². The minimum Gasteiger partial charge on any atom is -0.0654 e. The maximum atomic E-state index is 2.02. The normalized spacial score (nSPS) is 56.0. The van der Waals surface area contributed by atoms with Gasteiger partial charge >= 0.3 is 0 Å². The van der Waals surface area contributed by atoms with Crippen LogP contribution in [0.25, 0.3) is 0 Å². The number of allylic oxidation sites excluding steroid dienone is 6. The van der Waals surface area contributed by atoms with Crippen LogP contribution in [0.15, 0.2) is 33.4 Å². The Morgan fingerprint density at radius 3 is 2.56 bits per heavy atom. The third-order valence-electron chi connectivity index (χ3n) is 7.83. The second kappa shape index (κ2) is 2.21. The van der Waals surface area contributed by atoms with E-state index in [0.717, 1.165) is 35.5 Å². The van der Waals surface area contributed by atoms with Crippen molar-refractivity contribution in [2.24, 2.45) is 35.5 Å². The Hall–Kier alpha value is -0.780. The lowest BCUT2D eigenvalue weighted by molar-refractivity contribution is -0.0368. The maximum Gasteiger partial charge on any atom is -0.000934 e. The molecular formula is C18H18. The zero-order valence-electron chi connectivity index (χ0n) is 10.7. The van der Waals surface area contributed by atoms with Crippen LogP contribution in [0.2, 0.25) is 0 Å². The molecule has 0 radical (unpaired) electrons. The smallest absolute Gasteiger partial charge is 0.000934 e. The van der Waals surface area contributed by atoms with E-state index in [2.05, 4.69) is 0 Å². The minimum atomic E-state index is 1.06. The van der Waals surface area contributed by atoms with Gasteiger partial charge in [0.25, 0.3) is 0 Å². The van der Waals surface area contributed by atoms with Crippen molar-refractivity contribution >= 4 is 0 Å². The molecule has 0 aromatic carbocycles. The highest BCUT2D eigenvalue weighted by molar-refractivity contribution is 5.74. The predicted molar refractivity (Wildman–Crippen MR) is 69.7 cm³/mol. The monoisotopic (exact) mass is 234 g/mol. The van der Waals surface area contributed by atoms with Gasteiger partial charge in [0.05, 0.1) is 0 Å².